The van der Waals surface area contributed by atoms with Gasteiger partial charge in [-0.1, -0.05) is 42.5 Å². The van der Waals surface area contributed by atoms with Gasteiger partial charge in [-0.3, -0.25) is 0 Å². The van der Waals surface area contributed by atoms with Gasteiger partial charge in [-0.2, -0.15) is 0 Å². The van der Waals surface area contributed by atoms with Crippen molar-refractivity contribution in [2.75, 3.05) is 7.11 Å². The molecule has 0 fully saturated rings. The molecule has 0 N–H and O–H groups in total. The second-order valence-electron chi connectivity index (χ2n) is 2.99. The minimum Gasteiger partial charge on any atom is -0.466 e. The standard InChI is InChI=1S/C13H14O2/c1-3-7-12(10-13(14)15-2)11-8-5-4-6-9-11/h3-10H,1-2H3/b7-3+,12-10+. The first-order chi connectivity index (χ1) is 7.27. The van der Waals surface area contributed by atoms with Crippen molar-refractivity contribution in [2.45, 2.75) is 6.92 Å². The summed E-state index contributed by atoms with van der Waals surface area (Å²) in [6, 6.07) is 9.71. The van der Waals surface area contributed by atoms with E-state index in [4.69, 9.17) is 0 Å². The number of hydrogen-bond acceptors (Lipinski definition) is 2. The van der Waals surface area contributed by atoms with E-state index in [9.17, 15) is 4.79 Å². The number of hydrogen-bond donors (Lipinski definition) is 0. The summed E-state index contributed by atoms with van der Waals surface area (Å²) in [4.78, 5) is 11.1. The highest BCUT2D eigenvalue weighted by molar-refractivity contribution is 5.94. The topological polar surface area (TPSA) is 26.3 Å². The molecule has 0 bridgehead atoms. The molecule has 0 amide bonds. The van der Waals surface area contributed by atoms with Gasteiger partial charge in [0.2, 0.25) is 0 Å². The molecule has 0 saturated carbocycles. The van der Waals surface area contributed by atoms with Crippen LogP contribution in [-0.2, 0) is 9.53 Å². The van der Waals surface area contributed by atoms with Crippen LogP contribution in [0.15, 0.2) is 48.6 Å². The first kappa shape index (κ1) is 11.2. The quantitative estimate of drug-likeness (QED) is 0.428. The summed E-state index contributed by atoms with van der Waals surface area (Å²) in [6.45, 7) is 1.91. The van der Waals surface area contributed by atoms with E-state index >= 15 is 0 Å². The fourth-order valence-corrected chi connectivity index (χ4v) is 1.22. The van der Waals surface area contributed by atoms with Gasteiger partial charge in [0.15, 0.2) is 0 Å². The van der Waals surface area contributed by atoms with E-state index in [-0.39, 0.29) is 5.97 Å². The summed E-state index contributed by atoms with van der Waals surface area (Å²) >= 11 is 0. The SMILES string of the molecule is C/C=C/C(=C\C(=O)OC)c1ccccc1. The molecule has 0 aliphatic rings. The van der Waals surface area contributed by atoms with Crippen molar-refractivity contribution in [3.8, 4) is 0 Å². The monoisotopic (exact) mass is 202 g/mol. The van der Waals surface area contributed by atoms with E-state index in [1.165, 1.54) is 13.2 Å². The number of benzene rings is 1. The Bertz CT molecular complexity index is 375. The Hall–Kier alpha value is -1.83. The number of ether oxygens (including phenoxy) is 1. The van der Waals surface area contributed by atoms with Crippen LogP contribution in [0.4, 0.5) is 0 Å². The van der Waals surface area contributed by atoms with E-state index in [0.717, 1.165) is 11.1 Å². The van der Waals surface area contributed by atoms with E-state index in [1.54, 1.807) is 0 Å². The van der Waals surface area contributed by atoms with E-state index in [1.807, 2.05) is 49.4 Å². The minimum atomic E-state index is -0.341. The molecule has 0 aliphatic heterocycles. The zero-order chi connectivity index (χ0) is 11.1. The van der Waals surface area contributed by atoms with E-state index in [0.29, 0.717) is 0 Å². The molecular formula is C13H14O2. The molecule has 0 aliphatic carbocycles. The third kappa shape index (κ3) is 3.43. The van der Waals surface area contributed by atoms with Gasteiger partial charge in [-0.15, -0.1) is 0 Å². The number of esters is 1. The molecular weight excluding hydrogens is 188 g/mol. The Morgan fingerprint density at radius 2 is 1.93 bits per heavy atom. The molecule has 0 atom stereocenters. The van der Waals surface area contributed by atoms with Gasteiger partial charge in [0.1, 0.15) is 0 Å². The van der Waals surface area contributed by atoms with Gasteiger partial charge in [0, 0.05) is 6.08 Å². The average molecular weight is 202 g/mol. The summed E-state index contributed by atoms with van der Waals surface area (Å²) in [5.41, 5.74) is 1.85. The highest BCUT2D eigenvalue weighted by Crippen LogP contribution is 2.15. The Labute approximate surface area is 89.9 Å². The summed E-state index contributed by atoms with van der Waals surface area (Å²) in [7, 11) is 1.37. The van der Waals surface area contributed by atoms with Gasteiger partial charge < -0.3 is 4.74 Å². The molecule has 2 nitrogen and oxygen atoms in total. The van der Waals surface area contributed by atoms with Crippen molar-refractivity contribution in [1.82, 2.24) is 0 Å². The number of carbonyl (C=O) groups is 1. The average Bonchev–Trinajstić information content (AvgIpc) is 2.29. The van der Waals surface area contributed by atoms with Gasteiger partial charge in [-0.25, -0.2) is 4.79 Å². The van der Waals surface area contributed by atoms with Crippen molar-refractivity contribution >= 4 is 11.5 Å². The van der Waals surface area contributed by atoms with Crippen LogP contribution in [0.1, 0.15) is 12.5 Å². The normalized spacial score (nSPS) is 11.7. The fraction of sp³-hybridized carbons (Fsp3) is 0.154. The predicted octanol–water partition coefficient (Wildman–Crippen LogP) is 2.82. The number of rotatable bonds is 3. The second kappa shape index (κ2) is 5.81. The molecule has 0 spiro atoms. The number of allylic oxidation sites excluding steroid dienone is 3. The molecule has 1 rings (SSSR count). The van der Waals surface area contributed by atoms with Crippen LogP contribution in [0.5, 0.6) is 0 Å². The van der Waals surface area contributed by atoms with Gasteiger partial charge in [0.25, 0.3) is 0 Å². The van der Waals surface area contributed by atoms with Crippen molar-refractivity contribution in [3.63, 3.8) is 0 Å². The first-order valence-electron chi connectivity index (χ1n) is 4.75. The molecule has 0 heterocycles. The third-order valence-electron chi connectivity index (χ3n) is 1.93. The first-order valence-corrected chi connectivity index (χ1v) is 4.75. The lowest BCUT2D eigenvalue weighted by atomic mass is 10.1. The number of methoxy groups -OCH3 is 1. The lowest BCUT2D eigenvalue weighted by Gasteiger charge is -2.01. The largest absolute Gasteiger partial charge is 0.466 e. The Kier molecular flexibility index (Phi) is 4.35. The third-order valence-corrected chi connectivity index (χ3v) is 1.93. The zero-order valence-electron chi connectivity index (χ0n) is 8.94. The summed E-state index contributed by atoms with van der Waals surface area (Å²) in [5, 5.41) is 0. The Morgan fingerprint density at radius 3 is 2.47 bits per heavy atom. The number of carbonyl (C=O) groups excluding carboxylic acids is 1. The highest BCUT2D eigenvalue weighted by Gasteiger charge is 2.00. The van der Waals surface area contributed by atoms with Crippen LogP contribution in [0.2, 0.25) is 0 Å². The van der Waals surface area contributed by atoms with Crippen LogP contribution in [-0.4, -0.2) is 13.1 Å². The van der Waals surface area contributed by atoms with Crippen molar-refractivity contribution in [1.29, 1.82) is 0 Å². The molecule has 0 aromatic heterocycles. The van der Waals surface area contributed by atoms with Crippen LogP contribution in [0.3, 0.4) is 0 Å². The fourth-order valence-electron chi connectivity index (χ4n) is 1.22. The summed E-state index contributed by atoms with van der Waals surface area (Å²) in [6.07, 6.45) is 5.25. The molecule has 1 aromatic carbocycles. The maximum absolute atomic E-state index is 11.1. The predicted molar refractivity (Wildman–Crippen MR) is 61.2 cm³/mol. The van der Waals surface area contributed by atoms with E-state index in [2.05, 4.69) is 4.74 Å². The van der Waals surface area contributed by atoms with Gasteiger partial charge in [-0.05, 0) is 18.1 Å². The second-order valence-corrected chi connectivity index (χ2v) is 2.99. The van der Waals surface area contributed by atoms with Crippen molar-refractivity contribution < 1.29 is 9.53 Å². The van der Waals surface area contributed by atoms with Crippen molar-refractivity contribution in [2.24, 2.45) is 0 Å². The molecule has 2 heteroatoms. The maximum Gasteiger partial charge on any atom is 0.331 e. The van der Waals surface area contributed by atoms with E-state index < -0.39 is 0 Å². The molecule has 1 aromatic rings. The minimum absolute atomic E-state index is 0.341. The van der Waals surface area contributed by atoms with Gasteiger partial charge in [0.05, 0.1) is 7.11 Å². The Morgan fingerprint density at radius 1 is 1.27 bits per heavy atom. The molecule has 0 saturated heterocycles. The molecule has 0 unspecified atom stereocenters. The molecule has 15 heavy (non-hydrogen) atoms. The lowest BCUT2D eigenvalue weighted by molar-refractivity contribution is -0.134. The molecule has 78 valence electrons. The smallest absolute Gasteiger partial charge is 0.331 e. The van der Waals surface area contributed by atoms with Gasteiger partial charge >= 0.3 is 5.97 Å². The van der Waals surface area contributed by atoms with Crippen LogP contribution in [0, 0.1) is 0 Å². The lowest BCUT2D eigenvalue weighted by Crippen LogP contribution is -1.96. The maximum atomic E-state index is 11.1. The zero-order valence-corrected chi connectivity index (χ0v) is 8.94. The van der Waals surface area contributed by atoms with Crippen LogP contribution in [0.25, 0.3) is 5.57 Å². The van der Waals surface area contributed by atoms with Crippen LogP contribution >= 0.6 is 0 Å². The highest BCUT2D eigenvalue weighted by atomic mass is 16.5. The van der Waals surface area contributed by atoms with Crippen molar-refractivity contribution in [3.05, 3.63) is 54.1 Å². The summed E-state index contributed by atoms with van der Waals surface area (Å²) < 4.78 is 4.60. The summed E-state index contributed by atoms with van der Waals surface area (Å²) in [5.74, 6) is -0.341. The van der Waals surface area contributed by atoms with Crippen LogP contribution < -0.4 is 0 Å². The Balaban J connectivity index is 3.04. The molecule has 0 radical (unpaired) electrons.